The number of hydrogen-bond acceptors (Lipinski definition) is 5. The molecule has 0 spiro atoms. The minimum atomic E-state index is -0.269. The minimum absolute atomic E-state index is 0.00987. The van der Waals surface area contributed by atoms with Gasteiger partial charge < -0.3 is 19.8 Å². The maximum Gasteiger partial charge on any atom is 0.409 e. The van der Waals surface area contributed by atoms with Crippen LogP contribution in [0.5, 0.6) is 0 Å². The van der Waals surface area contributed by atoms with Crippen LogP contribution in [0.2, 0.25) is 0 Å². The lowest BCUT2D eigenvalue weighted by molar-refractivity contribution is 0.0431. The van der Waals surface area contributed by atoms with Gasteiger partial charge in [0.15, 0.2) is 0 Å². The molecule has 1 saturated heterocycles. The van der Waals surface area contributed by atoms with Crippen molar-refractivity contribution >= 4 is 6.09 Å². The lowest BCUT2D eigenvalue weighted by atomic mass is 10.1. The summed E-state index contributed by atoms with van der Waals surface area (Å²) in [7, 11) is 0. The summed E-state index contributed by atoms with van der Waals surface area (Å²) in [6.07, 6.45) is 0.297. The van der Waals surface area contributed by atoms with Crippen LogP contribution in [0.1, 0.15) is 13.3 Å². The molecule has 0 aromatic carbocycles. The molecule has 0 aromatic rings. The van der Waals surface area contributed by atoms with Gasteiger partial charge in [0.25, 0.3) is 0 Å². The van der Waals surface area contributed by atoms with E-state index in [0.717, 1.165) is 0 Å². The van der Waals surface area contributed by atoms with Gasteiger partial charge in [-0.3, -0.25) is 4.90 Å². The Hall–Kier alpha value is -0.850. The number of aliphatic hydroxyl groups excluding tert-OH is 2. The van der Waals surface area contributed by atoms with Crippen molar-refractivity contribution in [3.8, 4) is 0 Å². The summed E-state index contributed by atoms with van der Waals surface area (Å²) >= 11 is 0. The highest BCUT2D eigenvalue weighted by Crippen LogP contribution is 2.09. The first-order valence-electron chi connectivity index (χ1n) is 6.10. The maximum atomic E-state index is 11.5. The second-order valence-corrected chi connectivity index (χ2v) is 4.07. The first-order chi connectivity index (χ1) is 8.22. The molecule has 1 atom stereocenters. The molecule has 100 valence electrons. The van der Waals surface area contributed by atoms with Gasteiger partial charge in [0.1, 0.15) is 0 Å². The van der Waals surface area contributed by atoms with Crippen LogP contribution in [0.3, 0.4) is 0 Å². The summed E-state index contributed by atoms with van der Waals surface area (Å²) in [5.74, 6) is 0. The van der Waals surface area contributed by atoms with E-state index in [-0.39, 0.29) is 25.3 Å². The summed E-state index contributed by atoms with van der Waals surface area (Å²) in [6.45, 7) is 4.94. The molecule has 1 fully saturated rings. The molecule has 6 nitrogen and oxygen atoms in total. The van der Waals surface area contributed by atoms with Gasteiger partial charge in [-0.1, -0.05) is 0 Å². The highest BCUT2D eigenvalue weighted by atomic mass is 16.6. The third-order valence-electron chi connectivity index (χ3n) is 3.03. The zero-order chi connectivity index (χ0) is 12.7. The Morgan fingerprint density at radius 3 is 2.41 bits per heavy atom. The second-order valence-electron chi connectivity index (χ2n) is 4.07. The van der Waals surface area contributed by atoms with E-state index in [1.54, 1.807) is 11.8 Å². The number of aliphatic hydroxyl groups is 2. The molecular weight excluding hydrogens is 224 g/mol. The fourth-order valence-corrected chi connectivity index (χ4v) is 2.02. The van der Waals surface area contributed by atoms with Crippen molar-refractivity contribution in [2.75, 3.05) is 46.0 Å². The van der Waals surface area contributed by atoms with E-state index in [0.29, 0.717) is 39.2 Å². The van der Waals surface area contributed by atoms with E-state index in [4.69, 9.17) is 9.84 Å². The number of amides is 1. The third-order valence-corrected chi connectivity index (χ3v) is 3.03. The first-order valence-corrected chi connectivity index (χ1v) is 6.10. The molecule has 1 rings (SSSR count). The largest absolute Gasteiger partial charge is 0.450 e. The average molecular weight is 246 g/mol. The number of piperazine rings is 1. The van der Waals surface area contributed by atoms with E-state index in [1.165, 1.54) is 0 Å². The normalized spacial score (nSPS) is 19.1. The number of ether oxygens (including phenoxy) is 1. The monoisotopic (exact) mass is 246 g/mol. The fraction of sp³-hybridized carbons (Fsp3) is 0.909. The molecule has 17 heavy (non-hydrogen) atoms. The van der Waals surface area contributed by atoms with Crippen LogP contribution in [0.4, 0.5) is 4.79 Å². The Labute approximate surface area is 102 Å². The molecule has 1 unspecified atom stereocenters. The molecule has 1 aliphatic heterocycles. The van der Waals surface area contributed by atoms with Gasteiger partial charge in [0.05, 0.1) is 13.2 Å². The van der Waals surface area contributed by atoms with E-state index in [2.05, 4.69) is 4.90 Å². The number of carbonyl (C=O) groups excluding carboxylic acids is 1. The zero-order valence-electron chi connectivity index (χ0n) is 10.3. The van der Waals surface area contributed by atoms with Gasteiger partial charge in [0.2, 0.25) is 0 Å². The standard InChI is InChI=1S/C11H22N2O4/c1-2-17-11(16)13-6-4-12(5-7-13)10(9-15)3-8-14/h10,14-15H,2-9H2,1H3. The molecular formula is C11H22N2O4. The smallest absolute Gasteiger partial charge is 0.409 e. The number of rotatable bonds is 5. The minimum Gasteiger partial charge on any atom is -0.450 e. The predicted molar refractivity (Wildman–Crippen MR) is 62.7 cm³/mol. The van der Waals surface area contributed by atoms with Gasteiger partial charge >= 0.3 is 6.09 Å². The molecule has 2 N–H and O–H groups in total. The predicted octanol–water partition coefficient (Wildman–Crippen LogP) is -0.496. The Morgan fingerprint density at radius 1 is 1.29 bits per heavy atom. The van der Waals surface area contributed by atoms with Crippen LogP contribution < -0.4 is 0 Å². The van der Waals surface area contributed by atoms with E-state index in [9.17, 15) is 9.90 Å². The van der Waals surface area contributed by atoms with E-state index < -0.39 is 0 Å². The summed E-state index contributed by atoms with van der Waals surface area (Å²) in [5, 5.41) is 18.1. The van der Waals surface area contributed by atoms with Crippen LogP contribution in [-0.2, 0) is 4.74 Å². The SMILES string of the molecule is CCOC(=O)N1CCN(C(CO)CCO)CC1. The fourth-order valence-electron chi connectivity index (χ4n) is 2.02. The number of nitrogens with zero attached hydrogens (tertiary/aromatic N) is 2. The van der Waals surface area contributed by atoms with Crippen molar-refractivity contribution in [3.05, 3.63) is 0 Å². The van der Waals surface area contributed by atoms with Gasteiger partial charge in [-0.15, -0.1) is 0 Å². The van der Waals surface area contributed by atoms with Crippen molar-refractivity contribution in [2.24, 2.45) is 0 Å². The lowest BCUT2D eigenvalue weighted by Gasteiger charge is -2.38. The molecule has 1 aliphatic rings. The van der Waals surface area contributed by atoms with Gasteiger partial charge in [0, 0.05) is 38.8 Å². The van der Waals surface area contributed by atoms with Gasteiger partial charge in [-0.05, 0) is 13.3 Å². The summed E-state index contributed by atoms with van der Waals surface area (Å²) in [6, 6.07) is -0.00987. The Balaban J connectivity index is 2.36. The highest BCUT2D eigenvalue weighted by Gasteiger charge is 2.25. The third kappa shape index (κ3) is 4.14. The second kappa shape index (κ2) is 7.47. The zero-order valence-corrected chi connectivity index (χ0v) is 10.3. The summed E-state index contributed by atoms with van der Waals surface area (Å²) < 4.78 is 4.93. The van der Waals surface area contributed by atoms with Crippen LogP contribution in [0, 0.1) is 0 Å². The summed E-state index contributed by atoms with van der Waals surface area (Å²) in [5.41, 5.74) is 0. The quantitative estimate of drug-likeness (QED) is 0.684. The Bertz CT molecular complexity index is 230. The molecule has 0 aliphatic carbocycles. The van der Waals surface area contributed by atoms with Crippen molar-refractivity contribution in [1.82, 2.24) is 9.80 Å². The molecule has 1 amide bonds. The van der Waals surface area contributed by atoms with Crippen LogP contribution >= 0.6 is 0 Å². The topological polar surface area (TPSA) is 73.2 Å². The molecule has 0 bridgehead atoms. The van der Waals surface area contributed by atoms with Gasteiger partial charge in [-0.25, -0.2) is 4.79 Å². The average Bonchev–Trinajstić information content (AvgIpc) is 2.36. The first kappa shape index (κ1) is 14.2. The number of hydrogen-bond donors (Lipinski definition) is 2. The van der Waals surface area contributed by atoms with E-state index >= 15 is 0 Å². The maximum absolute atomic E-state index is 11.5. The van der Waals surface area contributed by atoms with Crippen molar-refractivity contribution in [2.45, 2.75) is 19.4 Å². The van der Waals surface area contributed by atoms with Crippen molar-refractivity contribution in [3.63, 3.8) is 0 Å². The molecule has 0 radical (unpaired) electrons. The van der Waals surface area contributed by atoms with Crippen molar-refractivity contribution < 1.29 is 19.7 Å². The molecule has 0 saturated carbocycles. The van der Waals surface area contributed by atoms with Gasteiger partial charge in [-0.2, -0.15) is 0 Å². The molecule has 0 aromatic heterocycles. The summed E-state index contributed by atoms with van der Waals surface area (Å²) in [4.78, 5) is 15.2. The Kier molecular flexibility index (Phi) is 6.25. The number of carbonyl (C=O) groups is 1. The molecule has 1 heterocycles. The highest BCUT2D eigenvalue weighted by molar-refractivity contribution is 5.67. The van der Waals surface area contributed by atoms with Crippen LogP contribution in [-0.4, -0.2) is 78.1 Å². The Morgan fingerprint density at radius 2 is 1.94 bits per heavy atom. The molecule has 6 heteroatoms. The van der Waals surface area contributed by atoms with E-state index in [1.807, 2.05) is 0 Å². The van der Waals surface area contributed by atoms with Crippen LogP contribution in [0.25, 0.3) is 0 Å². The van der Waals surface area contributed by atoms with Crippen molar-refractivity contribution in [1.29, 1.82) is 0 Å². The van der Waals surface area contributed by atoms with Crippen LogP contribution in [0.15, 0.2) is 0 Å². The lowest BCUT2D eigenvalue weighted by Crippen LogP contribution is -2.53.